The van der Waals surface area contributed by atoms with E-state index in [9.17, 15) is 0 Å². The summed E-state index contributed by atoms with van der Waals surface area (Å²) in [4.78, 5) is 0. The van der Waals surface area contributed by atoms with Crippen LogP contribution in [0.25, 0.3) is 0 Å². The van der Waals surface area contributed by atoms with Gasteiger partial charge in [0, 0.05) is 0 Å². The molecule has 1 nitrogen and oxygen atoms in total. The first-order valence-electron chi connectivity index (χ1n) is 1.83. The molecular weight excluding hydrogens is 74.1 g/mol. The maximum atomic E-state index is 8.01. The lowest BCUT2D eigenvalue weighted by Gasteiger charge is -1.80. The first kappa shape index (κ1) is 5.23. The molecule has 0 aliphatic carbocycles. The summed E-state index contributed by atoms with van der Waals surface area (Å²) >= 11 is 0. The van der Waals surface area contributed by atoms with Crippen LogP contribution in [0.4, 0.5) is 0 Å². The van der Waals surface area contributed by atoms with Crippen LogP contribution in [0.1, 0.15) is 6.92 Å². The van der Waals surface area contributed by atoms with Crippen molar-refractivity contribution in [2.45, 2.75) is 6.92 Å². The van der Waals surface area contributed by atoms with Gasteiger partial charge in [-0.25, -0.2) is 0 Å². The summed E-state index contributed by atoms with van der Waals surface area (Å²) < 4.78 is 0. The van der Waals surface area contributed by atoms with Crippen molar-refractivity contribution in [2.24, 2.45) is 5.92 Å². The quantitative estimate of drug-likeness (QED) is 0.437. The van der Waals surface area contributed by atoms with Crippen molar-refractivity contribution in [3.8, 4) is 6.07 Å². The average Bonchev–Trinajstić information content (AvgIpc) is 1.65. The van der Waals surface area contributed by atoms with E-state index in [0.717, 1.165) is 0 Å². The Hall–Kier alpha value is -0.770. The van der Waals surface area contributed by atoms with E-state index in [1.54, 1.807) is 13.0 Å². The molecule has 0 radical (unpaired) electrons. The van der Waals surface area contributed by atoms with Crippen molar-refractivity contribution in [3.63, 3.8) is 0 Å². The first-order chi connectivity index (χ1) is 2.81. The van der Waals surface area contributed by atoms with E-state index in [4.69, 9.17) is 5.26 Å². The second-order valence-electron chi connectivity index (χ2n) is 1.15. The van der Waals surface area contributed by atoms with E-state index in [-0.39, 0.29) is 5.92 Å². The predicted octanol–water partition coefficient (Wildman–Crippen LogP) is 1.33. The molecule has 0 heterocycles. The van der Waals surface area contributed by atoms with Crippen LogP contribution in [0.15, 0.2) is 12.7 Å². The second kappa shape index (κ2) is 2.47. The van der Waals surface area contributed by atoms with Gasteiger partial charge in [-0.15, -0.1) is 6.58 Å². The largest absolute Gasteiger partial charge is 0.198 e. The van der Waals surface area contributed by atoms with Crippen LogP contribution in [0.5, 0.6) is 0 Å². The lowest BCUT2D eigenvalue weighted by Crippen LogP contribution is -1.76. The number of rotatable bonds is 1. The molecule has 0 spiro atoms. The summed E-state index contributed by atoms with van der Waals surface area (Å²) in [6.45, 7) is 5.21. The van der Waals surface area contributed by atoms with E-state index in [2.05, 4.69) is 6.58 Å². The van der Waals surface area contributed by atoms with Crippen LogP contribution in [-0.4, -0.2) is 0 Å². The Morgan fingerprint density at radius 2 is 2.50 bits per heavy atom. The Balaban J connectivity index is 3.30. The Morgan fingerprint density at radius 3 is 2.50 bits per heavy atom. The van der Waals surface area contributed by atoms with E-state index in [0.29, 0.717) is 0 Å². The Labute approximate surface area is 37.9 Å². The van der Waals surface area contributed by atoms with Crippen molar-refractivity contribution < 1.29 is 0 Å². The van der Waals surface area contributed by atoms with Gasteiger partial charge in [0.25, 0.3) is 0 Å². The highest BCUT2D eigenvalue weighted by atomic mass is 14.2. The van der Waals surface area contributed by atoms with Crippen LogP contribution in [0.3, 0.4) is 0 Å². The summed E-state index contributed by atoms with van der Waals surface area (Å²) in [6.07, 6.45) is 1.61. The third-order valence-electron chi connectivity index (χ3n) is 0.557. The van der Waals surface area contributed by atoms with Gasteiger partial charge in [0.05, 0.1) is 12.0 Å². The van der Waals surface area contributed by atoms with Crippen molar-refractivity contribution in [1.82, 2.24) is 0 Å². The number of nitrogens with zero attached hydrogens (tertiary/aromatic N) is 1. The molecule has 0 saturated carbocycles. The maximum absolute atomic E-state index is 8.01. The summed E-state index contributed by atoms with van der Waals surface area (Å²) in [5, 5.41) is 8.01. The van der Waals surface area contributed by atoms with Gasteiger partial charge in [-0.05, 0) is 6.92 Å². The SMILES string of the molecule is C=C[C@@H](C)C#N. The highest BCUT2D eigenvalue weighted by molar-refractivity contribution is 4.91. The number of nitriles is 1. The molecule has 0 fully saturated rings. The van der Waals surface area contributed by atoms with Crippen LogP contribution in [0, 0.1) is 17.2 Å². The molecule has 0 N–H and O–H groups in total. The second-order valence-corrected chi connectivity index (χ2v) is 1.15. The third-order valence-corrected chi connectivity index (χ3v) is 0.557. The summed E-state index contributed by atoms with van der Waals surface area (Å²) in [6, 6.07) is 2.00. The van der Waals surface area contributed by atoms with Crippen LogP contribution >= 0.6 is 0 Å². The molecule has 0 amide bonds. The molecule has 32 valence electrons. The maximum Gasteiger partial charge on any atom is 0.0694 e. The van der Waals surface area contributed by atoms with Gasteiger partial charge in [0.2, 0.25) is 0 Å². The third kappa shape index (κ3) is 1.54. The molecule has 0 bridgehead atoms. The predicted molar refractivity (Wildman–Crippen MR) is 25.0 cm³/mol. The van der Waals surface area contributed by atoms with Crippen LogP contribution < -0.4 is 0 Å². The van der Waals surface area contributed by atoms with E-state index in [1.165, 1.54) is 0 Å². The minimum atomic E-state index is 0.00463. The number of hydrogen-bond acceptors (Lipinski definition) is 1. The minimum absolute atomic E-state index is 0.00463. The molecule has 0 aromatic rings. The van der Waals surface area contributed by atoms with Gasteiger partial charge >= 0.3 is 0 Å². The Bertz CT molecular complexity index is 78.4. The fourth-order valence-electron chi connectivity index (χ4n) is 0.0527. The van der Waals surface area contributed by atoms with Crippen molar-refractivity contribution in [3.05, 3.63) is 12.7 Å². The van der Waals surface area contributed by atoms with Gasteiger partial charge in [0.1, 0.15) is 0 Å². The molecular formula is C5H7N. The van der Waals surface area contributed by atoms with Crippen LogP contribution in [0.2, 0.25) is 0 Å². The minimum Gasteiger partial charge on any atom is -0.198 e. The lowest BCUT2D eigenvalue weighted by molar-refractivity contribution is 0.960. The fourth-order valence-corrected chi connectivity index (χ4v) is 0.0527. The normalized spacial score (nSPS) is 12.0. The summed E-state index contributed by atoms with van der Waals surface area (Å²) in [5.74, 6) is 0.00463. The summed E-state index contributed by atoms with van der Waals surface area (Å²) in [7, 11) is 0. The molecule has 0 aromatic carbocycles. The zero-order chi connectivity index (χ0) is 4.99. The first-order valence-corrected chi connectivity index (χ1v) is 1.83. The van der Waals surface area contributed by atoms with Crippen LogP contribution in [-0.2, 0) is 0 Å². The Kier molecular flexibility index (Phi) is 2.15. The zero-order valence-electron chi connectivity index (χ0n) is 3.81. The monoisotopic (exact) mass is 81.1 g/mol. The van der Waals surface area contributed by atoms with Gasteiger partial charge in [-0.1, -0.05) is 6.08 Å². The van der Waals surface area contributed by atoms with E-state index >= 15 is 0 Å². The smallest absolute Gasteiger partial charge is 0.0694 e. The molecule has 0 aromatic heterocycles. The standard InChI is InChI=1S/C5H7N/c1-3-5(2)4-6/h3,5H,1H2,2H3/t5-/m1/s1. The Morgan fingerprint density at radius 1 is 2.00 bits per heavy atom. The molecule has 1 atom stereocenters. The number of allylic oxidation sites excluding steroid dienone is 1. The molecule has 0 aliphatic rings. The van der Waals surface area contributed by atoms with Gasteiger partial charge < -0.3 is 0 Å². The fraction of sp³-hybridized carbons (Fsp3) is 0.400. The molecule has 0 unspecified atom stereocenters. The van der Waals surface area contributed by atoms with Crippen molar-refractivity contribution in [2.75, 3.05) is 0 Å². The lowest BCUT2D eigenvalue weighted by atomic mass is 10.2. The summed E-state index contributed by atoms with van der Waals surface area (Å²) in [5.41, 5.74) is 0. The molecule has 0 rings (SSSR count). The molecule has 0 saturated heterocycles. The average molecular weight is 81.1 g/mol. The topological polar surface area (TPSA) is 23.8 Å². The van der Waals surface area contributed by atoms with Gasteiger partial charge in [-0.2, -0.15) is 5.26 Å². The molecule has 1 heteroatoms. The highest BCUT2D eigenvalue weighted by Crippen LogP contribution is 1.87. The van der Waals surface area contributed by atoms with E-state index < -0.39 is 0 Å². The molecule has 6 heavy (non-hydrogen) atoms. The van der Waals surface area contributed by atoms with Crippen molar-refractivity contribution >= 4 is 0 Å². The zero-order valence-corrected chi connectivity index (χ0v) is 3.81. The highest BCUT2D eigenvalue weighted by Gasteiger charge is 1.83. The van der Waals surface area contributed by atoms with E-state index in [1.807, 2.05) is 6.07 Å². The van der Waals surface area contributed by atoms with Gasteiger partial charge in [-0.3, -0.25) is 0 Å². The van der Waals surface area contributed by atoms with Crippen molar-refractivity contribution in [1.29, 1.82) is 5.26 Å². The van der Waals surface area contributed by atoms with Gasteiger partial charge in [0.15, 0.2) is 0 Å². The number of hydrogen-bond donors (Lipinski definition) is 0. The molecule has 0 aliphatic heterocycles.